The number of benzene rings is 4. The molecular formula is C35H28ClF2N3O5. The van der Waals surface area contributed by atoms with Crippen LogP contribution in [0.5, 0.6) is 11.5 Å². The van der Waals surface area contributed by atoms with E-state index in [2.05, 4.69) is 4.98 Å². The molecule has 0 radical (unpaired) electrons. The van der Waals surface area contributed by atoms with Crippen LogP contribution in [0.15, 0.2) is 66.7 Å². The molecule has 7 rings (SSSR count). The summed E-state index contributed by atoms with van der Waals surface area (Å²) in [7, 11) is 0. The van der Waals surface area contributed by atoms with Gasteiger partial charge in [0.05, 0.1) is 22.2 Å². The summed E-state index contributed by atoms with van der Waals surface area (Å²) in [6.45, 7) is 3.75. The summed E-state index contributed by atoms with van der Waals surface area (Å²) in [6, 6.07) is 17.4. The molecule has 0 spiro atoms. The van der Waals surface area contributed by atoms with Gasteiger partial charge in [-0.15, -0.1) is 0 Å². The zero-order chi connectivity index (χ0) is 32.3. The van der Waals surface area contributed by atoms with E-state index in [0.717, 1.165) is 6.42 Å². The van der Waals surface area contributed by atoms with E-state index < -0.39 is 23.4 Å². The smallest absolute Gasteiger partial charge is 0.336 e. The molecule has 1 fully saturated rings. The fourth-order valence-corrected chi connectivity index (χ4v) is 6.50. The third-order valence-corrected chi connectivity index (χ3v) is 8.98. The molecule has 1 unspecified atom stereocenters. The summed E-state index contributed by atoms with van der Waals surface area (Å²) < 4.78 is 42.7. The van der Waals surface area contributed by atoms with Crippen molar-refractivity contribution in [3.8, 4) is 22.6 Å². The zero-order valence-electron chi connectivity index (χ0n) is 24.9. The number of carbonyl (C=O) groups is 2. The van der Waals surface area contributed by atoms with Gasteiger partial charge in [0.25, 0.3) is 5.79 Å². The van der Waals surface area contributed by atoms with Gasteiger partial charge < -0.3 is 24.5 Å². The van der Waals surface area contributed by atoms with Gasteiger partial charge in [-0.2, -0.15) is 0 Å². The number of amides is 1. The highest BCUT2D eigenvalue weighted by Crippen LogP contribution is 2.49. The number of hydrogen-bond donors (Lipinski definition) is 2. The number of aromatic carboxylic acids is 1. The first-order valence-electron chi connectivity index (χ1n) is 14.8. The second-order valence-electron chi connectivity index (χ2n) is 11.7. The van der Waals surface area contributed by atoms with E-state index >= 15 is 4.39 Å². The van der Waals surface area contributed by atoms with Crippen LogP contribution >= 0.6 is 11.6 Å². The number of para-hydroxylation sites is 1. The van der Waals surface area contributed by atoms with Gasteiger partial charge in [0.2, 0.25) is 5.91 Å². The van der Waals surface area contributed by atoms with Crippen LogP contribution in [-0.4, -0.2) is 44.4 Å². The lowest BCUT2D eigenvalue weighted by Gasteiger charge is -2.40. The summed E-state index contributed by atoms with van der Waals surface area (Å²) in [4.78, 5) is 33.6. The molecule has 11 heteroatoms. The van der Waals surface area contributed by atoms with Gasteiger partial charge in [0, 0.05) is 43.4 Å². The van der Waals surface area contributed by atoms with E-state index in [-0.39, 0.29) is 34.5 Å². The maximum Gasteiger partial charge on any atom is 0.336 e. The molecular weight excluding hydrogens is 616 g/mol. The number of imidazole rings is 1. The average molecular weight is 644 g/mol. The molecule has 0 aliphatic carbocycles. The van der Waals surface area contributed by atoms with Crippen LogP contribution in [-0.2, 0) is 23.4 Å². The predicted octanol–water partition coefficient (Wildman–Crippen LogP) is 7.26. The van der Waals surface area contributed by atoms with Crippen molar-refractivity contribution in [2.24, 2.45) is 0 Å². The molecule has 2 N–H and O–H groups in total. The van der Waals surface area contributed by atoms with Crippen LogP contribution in [0.4, 0.5) is 8.78 Å². The van der Waals surface area contributed by atoms with E-state index in [4.69, 9.17) is 26.1 Å². The minimum absolute atomic E-state index is 0.0500. The van der Waals surface area contributed by atoms with Crippen LogP contribution in [0.3, 0.4) is 0 Å². The molecule has 3 heterocycles. The van der Waals surface area contributed by atoms with Gasteiger partial charge in [-0.1, -0.05) is 35.9 Å². The van der Waals surface area contributed by atoms with Crippen LogP contribution in [0.1, 0.15) is 53.1 Å². The van der Waals surface area contributed by atoms with Crippen LogP contribution in [0.25, 0.3) is 22.2 Å². The van der Waals surface area contributed by atoms with Crippen molar-refractivity contribution >= 4 is 34.5 Å². The van der Waals surface area contributed by atoms with Gasteiger partial charge in [0.15, 0.2) is 11.5 Å². The van der Waals surface area contributed by atoms with Crippen molar-refractivity contribution in [2.75, 3.05) is 6.54 Å². The Labute approximate surface area is 267 Å². The minimum atomic E-state index is -1.45. The zero-order valence-corrected chi connectivity index (χ0v) is 25.6. The van der Waals surface area contributed by atoms with Crippen molar-refractivity contribution in [3.63, 3.8) is 0 Å². The van der Waals surface area contributed by atoms with Crippen molar-refractivity contribution < 1.29 is 33.0 Å². The minimum Gasteiger partial charge on any atom is -0.478 e. The lowest BCUT2D eigenvalue weighted by Crippen LogP contribution is -2.51. The lowest BCUT2D eigenvalue weighted by atomic mass is 9.91. The molecule has 4 aromatic carbocycles. The first kappa shape index (κ1) is 29.7. The number of aromatic amines is 1. The maximum absolute atomic E-state index is 15.6. The Morgan fingerprint density at radius 3 is 2.61 bits per heavy atom. The Bertz CT molecular complexity index is 2060. The highest BCUT2D eigenvalue weighted by atomic mass is 35.5. The van der Waals surface area contributed by atoms with Crippen molar-refractivity contribution in [3.05, 3.63) is 111 Å². The fraction of sp³-hybridized carbons (Fsp3) is 0.229. The van der Waals surface area contributed by atoms with E-state index in [1.54, 1.807) is 54.3 Å². The molecule has 46 heavy (non-hydrogen) atoms. The molecule has 1 amide bonds. The monoisotopic (exact) mass is 643 g/mol. The van der Waals surface area contributed by atoms with Crippen molar-refractivity contribution in [1.82, 2.24) is 14.9 Å². The standard InChI is InChI=1S/C35H28ClF2N3O5/c1-18(42)41-13-12-22(41)17-25-24(34(43)44)9-11-29-32(25)40-31(39-29)15-20-7-6-19(14-27(20)37)23-4-3-5-30-33(23)46-35(2,45-30)26-10-8-21(36)16-28(26)38/h3-11,14,16,22H,12-13,15,17H2,1-2H3,(H,39,40)(H,43,44)/t22-,35?/m0/s1. The number of nitrogens with zero attached hydrogens (tertiary/aromatic N) is 2. The number of aromatic nitrogens is 2. The fourth-order valence-electron chi connectivity index (χ4n) is 6.34. The highest BCUT2D eigenvalue weighted by molar-refractivity contribution is 6.30. The normalized spacial score (nSPS) is 18.5. The second-order valence-corrected chi connectivity index (χ2v) is 12.2. The number of rotatable bonds is 7. The summed E-state index contributed by atoms with van der Waals surface area (Å²) in [6.07, 6.45) is 1.28. The lowest BCUT2D eigenvalue weighted by molar-refractivity contribution is -0.136. The third kappa shape index (κ3) is 5.12. The van der Waals surface area contributed by atoms with E-state index in [1.165, 1.54) is 31.2 Å². The van der Waals surface area contributed by atoms with Gasteiger partial charge in [-0.3, -0.25) is 4.79 Å². The first-order valence-corrected chi connectivity index (χ1v) is 15.1. The molecule has 0 bridgehead atoms. The number of ether oxygens (including phenoxy) is 2. The second kappa shape index (κ2) is 11.1. The van der Waals surface area contributed by atoms with E-state index in [9.17, 15) is 19.1 Å². The molecule has 2 aliphatic rings. The van der Waals surface area contributed by atoms with Crippen LogP contribution in [0, 0.1) is 11.6 Å². The molecule has 2 aliphatic heterocycles. The Balaban J connectivity index is 1.16. The van der Waals surface area contributed by atoms with Crippen molar-refractivity contribution in [1.29, 1.82) is 0 Å². The molecule has 2 atom stereocenters. The molecule has 1 saturated heterocycles. The van der Waals surface area contributed by atoms with Crippen LogP contribution < -0.4 is 9.47 Å². The Morgan fingerprint density at radius 1 is 1.09 bits per heavy atom. The molecule has 5 aromatic rings. The third-order valence-electron chi connectivity index (χ3n) is 8.75. The molecule has 0 saturated carbocycles. The molecule has 8 nitrogen and oxygen atoms in total. The van der Waals surface area contributed by atoms with Gasteiger partial charge in [-0.25, -0.2) is 18.6 Å². The van der Waals surface area contributed by atoms with Crippen LogP contribution in [0.2, 0.25) is 5.02 Å². The number of nitrogens with one attached hydrogen (secondary N) is 1. The SMILES string of the molecule is CC(=O)N1CC[C@H]1Cc1c(C(=O)O)ccc2[nH]c(Cc3ccc(-c4cccc5c4OC(C)(c4ccc(Cl)cc4F)O5)cc3F)nc12. The average Bonchev–Trinajstić information content (AvgIpc) is 3.56. The molecule has 1 aromatic heterocycles. The van der Waals surface area contributed by atoms with Gasteiger partial charge in [-0.05, 0) is 72.0 Å². The van der Waals surface area contributed by atoms with Gasteiger partial charge >= 0.3 is 5.97 Å². The predicted molar refractivity (Wildman–Crippen MR) is 167 cm³/mol. The number of likely N-dealkylation sites (tertiary alicyclic amines) is 1. The Hall–Kier alpha value is -4.96. The first-order chi connectivity index (χ1) is 22.0. The quantitative estimate of drug-likeness (QED) is 0.193. The summed E-state index contributed by atoms with van der Waals surface area (Å²) in [5.41, 5.74) is 3.48. The van der Waals surface area contributed by atoms with Crippen molar-refractivity contribution in [2.45, 2.75) is 44.9 Å². The largest absolute Gasteiger partial charge is 0.478 e. The topological polar surface area (TPSA) is 105 Å². The highest BCUT2D eigenvalue weighted by Gasteiger charge is 2.42. The van der Waals surface area contributed by atoms with Gasteiger partial charge in [0.1, 0.15) is 17.5 Å². The number of carbonyl (C=O) groups excluding carboxylic acids is 1. The molecule has 234 valence electrons. The van der Waals surface area contributed by atoms with E-state index in [1.807, 2.05) is 0 Å². The Morgan fingerprint density at radius 2 is 1.91 bits per heavy atom. The van der Waals surface area contributed by atoms with E-state index in [0.29, 0.717) is 63.6 Å². The maximum atomic E-state index is 15.6. The summed E-state index contributed by atoms with van der Waals surface area (Å²) >= 11 is 5.93. The number of fused-ring (bicyclic) bond motifs is 2. The Kier molecular flexibility index (Phi) is 7.20. The summed E-state index contributed by atoms with van der Waals surface area (Å²) in [5.74, 6) is -2.39. The number of H-pyrrole nitrogens is 1. The number of carboxylic acid groups (broad SMARTS) is 1. The number of carboxylic acids is 1. The number of halogens is 3. The number of hydrogen-bond acceptors (Lipinski definition) is 5. The summed E-state index contributed by atoms with van der Waals surface area (Å²) in [5, 5.41) is 10.1.